The van der Waals surface area contributed by atoms with Gasteiger partial charge in [0.05, 0.1) is 5.75 Å². The Morgan fingerprint density at radius 3 is 2.28 bits per heavy atom. The van der Waals surface area contributed by atoms with Crippen LogP contribution in [-0.2, 0) is 16.1 Å². The van der Waals surface area contributed by atoms with Gasteiger partial charge in [-0.3, -0.25) is 9.59 Å². The molecule has 6 heteroatoms. The highest BCUT2D eigenvalue weighted by Crippen LogP contribution is 2.21. The summed E-state index contributed by atoms with van der Waals surface area (Å²) < 4.78 is 0. The van der Waals surface area contributed by atoms with E-state index in [9.17, 15) is 9.59 Å². The normalized spacial score (nSPS) is 12.8. The smallest absolute Gasteiger partial charge is 0.243 e. The van der Waals surface area contributed by atoms with Crippen LogP contribution >= 0.6 is 23.4 Å². The number of benzene rings is 2. The molecule has 0 aliphatic rings. The molecule has 0 bridgehead atoms. The van der Waals surface area contributed by atoms with Gasteiger partial charge in [-0.25, -0.2) is 0 Å². The van der Waals surface area contributed by atoms with E-state index >= 15 is 0 Å². The predicted octanol–water partition coefficient (Wildman–Crippen LogP) is 5.15. The molecule has 0 fully saturated rings. The molecule has 2 amide bonds. The van der Waals surface area contributed by atoms with Gasteiger partial charge in [0.25, 0.3) is 0 Å². The van der Waals surface area contributed by atoms with Gasteiger partial charge in [-0.15, -0.1) is 11.8 Å². The van der Waals surface area contributed by atoms with Crippen LogP contribution in [-0.4, -0.2) is 34.6 Å². The van der Waals surface area contributed by atoms with Gasteiger partial charge >= 0.3 is 0 Å². The first kappa shape index (κ1) is 23.3. The summed E-state index contributed by atoms with van der Waals surface area (Å²) in [6, 6.07) is 16.8. The van der Waals surface area contributed by atoms with Crippen LogP contribution in [0.4, 0.5) is 0 Å². The Bertz CT molecular complexity index is 783. The number of hydrogen-bond donors (Lipinski definition) is 1. The zero-order chi connectivity index (χ0) is 21.2. The molecule has 0 unspecified atom stereocenters. The second-order valence-corrected chi connectivity index (χ2v) is 8.48. The van der Waals surface area contributed by atoms with Gasteiger partial charge in [-0.2, -0.15) is 0 Å². The lowest BCUT2D eigenvalue weighted by Crippen LogP contribution is -2.51. The Kier molecular flexibility index (Phi) is 9.55. The van der Waals surface area contributed by atoms with E-state index in [2.05, 4.69) is 5.32 Å². The SMILES string of the molecule is CC[C@H](C(=O)N[C@@H](C)CC)N(Cc1ccc(Cl)cc1)C(=O)CSc1ccccc1. The monoisotopic (exact) mass is 432 g/mol. The number of nitrogens with one attached hydrogen (secondary N) is 1. The van der Waals surface area contributed by atoms with Crippen LogP contribution in [0.5, 0.6) is 0 Å². The van der Waals surface area contributed by atoms with Crippen molar-refractivity contribution >= 4 is 35.2 Å². The van der Waals surface area contributed by atoms with E-state index in [1.165, 1.54) is 11.8 Å². The van der Waals surface area contributed by atoms with Crippen molar-refractivity contribution < 1.29 is 9.59 Å². The van der Waals surface area contributed by atoms with Crippen molar-refractivity contribution in [2.45, 2.75) is 57.1 Å². The Balaban J connectivity index is 2.19. The number of amides is 2. The van der Waals surface area contributed by atoms with Crippen LogP contribution in [0.2, 0.25) is 5.02 Å². The van der Waals surface area contributed by atoms with E-state index in [4.69, 9.17) is 11.6 Å². The Hall–Kier alpha value is -1.98. The number of carbonyl (C=O) groups is 2. The molecule has 0 saturated heterocycles. The second kappa shape index (κ2) is 11.9. The summed E-state index contributed by atoms with van der Waals surface area (Å²) in [4.78, 5) is 28.7. The molecular weight excluding hydrogens is 404 g/mol. The number of halogens is 1. The van der Waals surface area contributed by atoms with E-state index in [1.54, 1.807) is 17.0 Å². The molecule has 0 aromatic heterocycles. The van der Waals surface area contributed by atoms with E-state index < -0.39 is 6.04 Å². The maximum atomic E-state index is 13.1. The minimum absolute atomic E-state index is 0.0556. The summed E-state index contributed by atoms with van der Waals surface area (Å²) in [5.41, 5.74) is 0.947. The van der Waals surface area contributed by atoms with Gasteiger partial charge in [0, 0.05) is 22.5 Å². The topological polar surface area (TPSA) is 49.4 Å². The van der Waals surface area contributed by atoms with Gasteiger partial charge in [-0.1, -0.05) is 55.8 Å². The van der Waals surface area contributed by atoms with E-state index in [0.29, 0.717) is 18.0 Å². The highest BCUT2D eigenvalue weighted by atomic mass is 35.5. The van der Waals surface area contributed by atoms with Gasteiger partial charge in [0.15, 0.2) is 0 Å². The maximum absolute atomic E-state index is 13.1. The summed E-state index contributed by atoms with van der Waals surface area (Å²) in [5, 5.41) is 3.67. The fourth-order valence-corrected chi connectivity index (χ4v) is 3.82. The van der Waals surface area contributed by atoms with Crippen LogP contribution in [0.3, 0.4) is 0 Å². The third-order valence-electron chi connectivity index (χ3n) is 4.76. The maximum Gasteiger partial charge on any atom is 0.243 e. The molecule has 0 heterocycles. The van der Waals surface area contributed by atoms with Crippen molar-refractivity contribution in [2.75, 3.05) is 5.75 Å². The van der Waals surface area contributed by atoms with Crippen LogP contribution in [0.25, 0.3) is 0 Å². The van der Waals surface area contributed by atoms with Gasteiger partial charge in [0.1, 0.15) is 6.04 Å². The third-order valence-corrected chi connectivity index (χ3v) is 6.01. The van der Waals surface area contributed by atoms with Crippen molar-refractivity contribution in [3.05, 3.63) is 65.2 Å². The molecule has 4 nitrogen and oxygen atoms in total. The molecule has 2 aromatic rings. The number of nitrogens with zero attached hydrogens (tertiary/aromatic N) is 1. The van der Waals surface area contributed by atoms with Crippen LogP contribution < -0.4 is 5.32 Å². The standard InChI is InChI=1S/C23H29ClN2O2S/c1-4-17(3)25-23(28)21(5-2)26(15-18-11-13-19(24)14-12-18)22(27)16-29-20-9-7-6-8-10-20/h6-14,17,21H,4-5,15-16H2,1-3H3,(H,25,28)/t17-,21+/m0/s1. The molecule has 29 heavy (non-hydrogen) atoms. The van der Waals surface area contributed by atoms with E-state index in [0.717, 1.165) is 16.9 Å². The zero-order valence-corrected chi connectivity index (χ0v) is 18.8. The average molecular weight is 433 g/mol. The molecule has 2 atom stereocenters. The molecule has 1 N–H and O–H groups in total. The van der Waals surface area contributed by atoms with Gasteiger partial charge in [0.2, 0.25) is 11.8 Å². The van der Waals surface area contributed by atoms with Gasteiger partial charge in [-0.05, 0) is 49.6 Å². The lowest BCUT2D eigenvalue weighted by atomic mass is 10.1. The molecule has 0 radical (unpaired) electrons. The summed E-state index contributed by atoms with van der Waals surface area (Å²) in [6.07, 6.45) is 1.40. The lowest BCUT2D eigenvalue weighted by Gasteiger charge is -2.31. The summed E-state index contributed by atoms with van der Waals surface area (Å²) in [7, 11) is 0. The zero-order valence-electron chi connectivity index (χ0n) is 17.2. The Morgan fingerprint density at radius 2 is 1.69 bits per heavy atom. The first-order valence-electron chi connectivity index (χ1n) is 9.96. The quantitative estimate of drug-likeness (QED) is 0.528. The highest BCUT2D eigenvalue weighted by Gasteiger charge is 2.29. The third kappa shape index (κ3) is 7.41. The van der Waals surface area contributed by atoms with Crippen molar-refractivity contribution in [1.82, 2.24) is 10.2 Å². The molecule has 0 aliphatic carbocycles. The first-order chi connectivity index (χ1) is 13.9. The van der Waals surface area contributed by atoms with Crippen molar-refractivity contribution in [3.8, 4) is 0 Å². The van der Waals surface area contributed by atoms with E-state index in [-0.39, 0.29) is 23.6 Å². The largest absolute Gasteiger partial charge is 0.352 e. The Labute approximate surface area is 183 Å². The average Bonchev–Trinajstić information content (AvgIpc) is 2.73. The number of carbonyl (C=O) groups excluding carboxylic acids is 2. The van der Waals surface area contributed by atoms with Crippen molar-refractivity contribution in [3.63, 3.8) is 0 Å². The fourth-order valence-electron chi connectivity index (χ4n) is 2.89. The first-order valence-corrected chi connectivity index (χ1v) is 11.3. The molecule has 2 aromatic carbocycles. The van der Waals surface area contributed by atoms with Crippen LogP contribution in [0, 0.1) is 0 Å². The predicted molar refractivity (Wildman–Crippen MR) is 121 cm³/mol. The van der Waals surface area contributed by atoms with Crippen molar-refractivity contribution in [2.24, 2.45) is 0 Å². The van der Waals surface area contributed by atoms with Crippen molar-refractivity contribution in [1.29, 1.82) is 0 Å². The fraction of sp³-hybridized carbons (Fsp3) is 0.391. The highest BCUT2D eigenvalue weighted by molar-refractivity contribution is 8.00. The summed E-state index contributed by atoms with van der Waals surface area (Å²) >= 11 is 7.48. The second-order valence-electron chi connectivity index (χ2n) is 6.99. The Morgan fingerprint density at radius 1 is 1.03 bits per heavy atom. The minimum atomic E-state index is -0.511. The molecule has 0 spiro atoms. The molecule has 0 saturated carbocycles. The molecular formula is C23H29ClN2O2S. The number of hydrogen-bond acceptors (Lipinski definition) is 3. The number of rotatable bonds is 10. The minimum Gasteiger partial charge on any atom is -0.352 e. The van der Waals surface area contributed by atoms with Gasteiger partial charge < -0.3 is 10.2 Å². The van der Waals surface area contributed by atoms with E-state index in [1.807, 2.05) is 63.2 Å². The molecule has 156 valence electrons. The molecule has 2 rings (SSSR count). The lowest BCUT2D eigenvalue weighted by molar-refractivity contribution is -0.139. The summed E-state index contributed by atoms with van der Waals surface area (Å²) in [5.74, 6) is 0.124. The summed E-state index contributed by atoms with van der Waals surface area (Å²) in [6.45, 7) is 6.31. The van der Waals surface area contributed by atoms with Crippen LogP contribution in [0.15, 0.2) is 59.5 Å². The van der Waals surface area contributed by atoms with Crippen LogP contribution in [0.1, 0.15) is 39.2 Å². The number of thioether (sulfide) groups is 1. The molecule has 0 aliphatic heterocycles.